The van der Waals surface area contributed by atoms with E-state index in [2.05, 4.69) is 31.2 Å². The van der Waals surface area contributed by atoms with Gasteiger partial charge >= 0.3 is 0 Å². The quantitative estimate of drug-likeness (QED) is 0.552. The maximum absolute atomic E-state index is 10.8. The molecule has 1 aromatic rings. The van der Waals surface area contributed by atoms with Crippen LogP contribution in [-0.2, 0) is 11.2 Å². The minimum Gasteiger partial charge on any atom is -0.383 e. The molecule has 1 rings (SSSR count). The minimum atomic E-state index is 0.696. The van der Waals surface area contributed by atoms with E-state index in [0.29, 0.717) is 6.42 Å². The Bertz CT molecular complexity index is 349. The summed E-state index contributed by atoms with van der Waals surface area (Å²) < 4.78 is 0. The summed E-state index contributed by atoms with van der Waals surface area (Å²) in [6.07, 6.45) is 3.47. The van der Waals surface area contributed by atoms with E-state index >= 15 is 0 Å². The molecule has 0 unspecified atom stereocenters. The number of benzene rings is 1. The van der Waals surface area contributed by atoms with Gasteiger partial charge in [0, 0.05) is 32.3 Å². The smallest absolute Gasteiger partial charge is 0.147 e. The summed E-state index contributed by atoms with van der Waals surface area (Å²) in [7, 11) is 3.83. The number of aldehydes is 1. The molecule has 0 N–H and O–H groups in total. The van der Waals surface area contributed by atoms with E-state index in [1.54, 1.807) is 0 Å². The number of hydrogen-bond acceptors (Lipinski definition) is 2. The fraction of sp³-hybridized carbons (Fsp3) is 0.308. The molecule has 0 heterocycles. The average molecular weight is 203 g/mol. The third-order valence-electron chi connectivity index (χ3n) is 2.10. The van der Waals surface area contributed by atoms with Gasteiger partial charge in [-0.2, -0.15) is 0 Å². The van der Waals surface area contributed by atoms with Crippen LogP contribution in [0.15, 0.2) is 36.0 Å². The van der Waals surface area contributed by atoms with Crippen molar-refractivity contribution in [2.45, 2.75) is 13.3 Å². The molecule has 0 spiro atoms. The lowest BCUT2D eigenvalue weighted by atomic mass is 10.1. The summed E-state index contributed by atoms with van der Waals surface area (Å²) in [5.74, 6) is 0. The first-order valence-corrected chi connectivity index (χ1v) is 4.99. The molecule has 15 heavy (non-hydrogen) atoms. The van der Waals surface area contributed by atoms with E-state index in [-0.39, 0.29) is 0 Å². The van der Waals surface area contributed by atoms with Crippen molar-refractivity contribution in [3.8, 4) is 0 Å². The number of nitrogens with zero attached hydrogens (tertiary/aromatic N) is 1. The van der Waals surface area contributed by atoms with Gasteiger partial charge in [-0.3, -0.25) is 4.79 Å². The van der Waals surface area contributed by atoms with Crippen molar-refractivity contribution in [1.29, 1.82) is 0 Å². The second-order valence-electron chi connectivity index (χ2n) is 3.95. The van der Waals surface area contributed by atoms with Crippen LogP contribution < -0.4 is 0 Å². The molecule has 0 atom stereocenters. The molecular formula is C13H17NO. The van der Waals surface area contributed by atoms with Crippen LogP contribution in [0.4, 0.5) is 0 Å². The van der Waals surface area contributed by atoms with E-state index in [0.717, 1.165) is 11.9 Å². The summed E-state index contributed by atoms with van der Waals surface area (Å²) in [6.45, 7) is 2.06. The van der Waals surface area contributed by atoms with E-state index in [4.69, 9.17) is 0 Å². The topological polar surface area (TPSA) is 20.3 Å². The summed E-state index contributed by atoms with van der Waals surface area (Å²) in [5.41, 5.74) is 3.20. The molecule has 1 aromatic carbocycles. The van der Waals surface area contributed by atoms with Crippen molar-refractivity contribution < 1.29 is 4.79 Å². The van der Waals surface area contributed by atoms with Crippen LogP contribution in [0.3, 0.4) is 0 Å². The first kappa shape index (κ1) is 11.5. The molecule has 0 fully saturated rings. The zero-order valence-electron chi connectivity index (χ0n) is 9.53. The van der Waals surface area contributed by atoms with Crippen molar-refractivity contribution in [1.82, 2.24) is 4.90 Å². The predicted octanol–water partition coefficient (Wildman–Crippen LogP) is 2.18. The van der Waals surface area contributed by atoms with Gasteiger partial charge in [0.05, 0.1) is 0 Å². The van der Waals surface area contributed by atoms with E-state index in [1.807, 2.05) is 25.2 Å². The molecule has 2 heteroatoms. The van der Waals surface area contributed by atoms with Crippen LogP contribution in [0, 0.1) is 6.92 Å². The Kier molecular flexibility index (Phi) is 4.10. The second-order valence-corrected chi connectivity index (χ2v) is 3.95. The third kappa shape index (κ3) is 3.98. The molecular weight excluding hydrogens is 186 g/mol. The third-order valence-corrected chi connectivity index (χ3v) is 2.10. The van der Waals surface area contributed by atoms with Gasteiger partial charge in [0.15, 0.2) is 0 Å². The number of carbonyl (C=O) groups is 1. The van der Waals surface area contributed by atoms with Crippen molar-refractivity contribution >= 4 is 6.29 Å². The Morgan fingerprint density at radius 3 is 2.33 bits per heavy atom. The lowest BCUT2D eigenvalue weighted by Gasteiger charge is -2.07. The molecule has 80 valence electrons. The maximum atomic E-state index is 10.8. The van der Waals surface area contributed by atoms with Gasteiger partial charge in [0.25, 0.3) is 0 Å². The van der Waals surface area contributed by atoms with Gasteiger partial charge < -0.3 is 4.90 Å². The van der Waals surface area contributed by atoms with Gasteiger partial charge in [-0.05, 0) is 12.5 Å². The zero-order valence-corrected chi connectivity index (χ0v) is 9.53. The SMILES string of the molecule is Cc1ccc(C/C(C=O)=C\N(C)C)cc1. The molecule has 0 saturated heterocycles. The van der Waals surface area contributed by atoms with Gasteiger partial charge in [0.2, 0.25) is 0 Å². The van der Waals surface area contributed by atoms with Crippen molar-refractivity contribution in [3.05, 3.63) is 47.2 Å². The first-order chi connectivity index (χ1) is 7.11. The Morgan fingerprint density at radius 1 is 1.27 bits per heavy atom. The van der Waals surface area contributed by atoms with Crippen LogP contribution in [0.25, 0.3) is 0 Å². The Hall–Kier alpha value is -1.57. The molecule has 2 nitrogen and oxygen atoms in total. The summed E-state index contributed by atoms with van der Waals surface area (Å²) in [5, 5.41) is 0. The van der Waals surface area contributed by atoms with Crippen LogP contribution in [0.1, 0.15) is 11.1 Å². The Labute approximate surface area is 91.2 Å². The maximum Gasteiger partial charge on any atom is 0.147 e. The summed E-state index contributed by atoms with van der Waals surface area (Å²) >= 11 is 0. The normalized spacial score (nSPS) is 11.3. The van der Waals surface area contributed by atoms with Crippen LogP contribution in [0.2, 0.25) is 0 Å². The van der Waals surface area contributed by atoms with Crippen molar-refractivity contribution in [2.24, 2.45) is 0 Å². The van der Waals surface area contributed by atoms with Gasteiger partial charge in [-0.1, -0.05) is 29.8 Å². The van der Waals surface area contributed by atoms with Gasteiger partial charge in [-0.15, -0.1) is 0 Å². The molecule has 0 aromatic heterocycles. The molecule has 0 radical (unpaired) electrons. The Balaban J connectivity index is 2.75. The van der Waals surface area contributed by atoms with Crippen LogP contribution >= 0.6 is 0 Å². The number of allylic oxidation sites excluding steroid dienone is 1. The highest BCUT2D eigenvalue weighted by atomic mass is 16.1. The molecule has 0 aliphatic rings. The highest BCUT2D eigenvalue weighted by Gasteiger charge is 1.98. The number of rotatable bonds is 4. The predicted molar refractivity (Wildman–Crippen MR) is 62.7 cm³/mol. The largest absolute Gasteiger partial charge is 0.383 e. The van der Waals surface area contributed by atoms with E-state index in [1.165, 1.54) is 11.1 Å². The number of carbonyl (C=O) groups excluding carboxylic acids is 1. The van der Waals surface area contributed by atoms with Crippen molar-refractivity contribution in [2.75, 3.05) is 14.1 Å². The minimum absolute atomic E-state index is 0.696. The summed E-state index contributed by atoms with van der Waals surface area (Å²) in [6, 6.07) is 8.24. The Morgan fingerprint density at radius 2 is 1.87 bits per heavy atom. The van der Waals surface area contributed by atoms with Crippen LogP contribution in [-0.4, -0.2) is 25.3 Å². The van der Waals surface area contributed by atoms with E-state index < -0.39 is 0 Å². The average Bonchev–Trinajstić information content (AvgIpc) is 2.19. The molecule has 0 saturated carbocycles. The lowest BCUT2D eigenvalue weighted by Crippen LogP contribution is -2.05. The monoisotopic (exact) mass is 203 g/mol. The highest BCUT2D eigenvalue weighted by Crippen LogP contribution is 2.08. The second kappa shape index (κ2) is 5.35. The van der Waals surface area contributed by atoms with Crippen molar-refractivity contribution in [3.63, 3.8) is 0 Å². The van der Waals surface area contributed by atoms with E-state index in [9.17, 15) is 4.79 Å². The summed E-state index contributed by atoms with van der Waals surface area (Å²) in [4.78, 5) is 12.7. The van der Waals surface area contributed by atoms with Gasteiger partial charge in [0.1, 0.15) is 6.29 Å². The standard InChI is InChI=1S/C13H17NO/c1-11-4-6-12(7-5-11)8-13(10-15)9-14(2)3/h4-7,9-10H,8H2,1-3H3/b13-9+. The molecule has 0 aliphatic heterocycles. The first-order valence-electron chi connectivity index (χ1n) is 4.99. The highest BCUT2D eigenvalue weighted by molar-refractivity contribution is 5.73. The molecule has 0 aliphatic carbocycles. The molecule has 0 amide bonds. The molecule has 0 bridgehead atoms. The number of aryl methyl sites for hydroxylation is 1. The fourth-order valence-electron chi connectivity index (χ4n) is 1.39. The fourth-order valence-corrected chi connectivity index (χ4v) is 1.39. The zero-order chi connectivity index (χ0) is 11.3. The number of hydrogen-bond donors (Lipinski definition) is 0. The van der Waals surface area contributed by atoms with Gasteiger partial charge in [-0.25, -0.2) is 0 Å². The van der Waals surface area contributed by atoms with Crippen LogP contribution in [0.5, 0.6) is 0 Å². The lowest BCUT2D eigenvalue weighted by molar-refractivity contribution is -0.105.